The molecule has 0 aliphatic carbocycles. The number of carbonyl (C=O) groups is 1. The van der Waals surface area contributed by atoms with E-state index in [1.54, 1.807) is 22.9 Å². The zero-order valence-electron chi connectivity index (χ0n) is 17.8. The Morgan fingerprint density at radius 2 is 1.97 bits per heavy atom. The predicted molar refractivity (Wildman–Crippen MR) is 121 cm³/mol. The lowest BCUT2D eigenvalue weighted by Crippen LogP contribution is -2.38. The molecule has 1 saturated heterocycles. The maximum absolute atomic E-state index is 13.1. The molecule has 0 saturated carbocycles. The number of fused-ring (bicyclic) bond motifs is 1. The van der Waals surface area contributed by atoms with E-state index in [9.17, 15) is 18.0 Å². The Hall–Kier alpha value is -2.63. The third kappa shape index (κ3) is 5.15. The number of ether oxygens (including phenoxy) is 2. The molecule has 0 bridgehead atoms. The van der Waals surface area contributed by atoms with Gasteiger partial charge in [-0.2, -0.15) is 18.3 Å². The Labute approximate surface area is 196 Å². The fourth-order valence-electron chi connectivity index (χ4n) is 3.74. The van der Waals surface area contributed by atoms with Crippen molar-refractivity contribution in [3.63, 3.8) is 0 Å². The van der Waals surface area contributed by atoms with E-state index in [4.69, 9.17) is 9.47 Å². The average molecular weight is 527 g/mol. The van der Waals surface area contributed by atoms with E-state index in [0.717, 1.165) is 25.2 Å². The van der Waals surface area contributed by atoms with E-state index < -0.39 is 17.6 Å². The first kappa shape index (κ1) is 23.5. The van der Waals surface area contributed by atoms with Gasteiger partial charge in [0.25, 0.3) is 5.91 Å². The Balaban J connectivity index is 1.65. The molecule has 2 heterocycles. The summed E-state index contributed by atoms with van der Waals surface area (Å²) < 4.78 is 52.3. The summed E-state index contributed by atoms with van der Waals surface area (Å²) in [5.74, 6) is -0.0559. The first-order valence-electron chi connectivity index (χ1n) is 10.3. The van der Waals surface area contributed by atoms with Crippen LogP contribution in [0, 0.1) is 0 Å². The van der Waals surface area contributed by atoms with Gasteiger partial charge in [-0.05, 0) is 40.2 Å². The summed E-state index contributed by atoms with van der Waals surface area (Å²) in [4.78, 5) is 15.3. The van der Waals surface area contributed by atoms with Gasteiger partial charge >= 0.3 is 6.18 Å². The summed E-state index contributed by atoms with van der Waals surface area (Å²) in [7, 11) is 1.54. The first-order chi connectivity index (χ1) is 15.8. The summed E-state index contributed by atoms with van der Waals surface area (Å²) in [5.41, 5.74) is -0.0889. The number of benzene rings is 2. The number of nitrogens with zero attached hydrogens (tertiary/aromatic N) is 3. The molecule has 1 fully saturated rings. The van der Waals surface area contributed by atoms with Crippen LogP contribution in [0.1, 0.15) is 16.1 Å². The minimum absolute atomic E-state index is 0.00809. The number of carbonyl (C=O) groups excluding carboxylic acids is 1. The number of rotatable bonds is 6. The Kier molecular flexibility index (Phi) is 6.91. The van der Waals surface area contributed by atoms with Gasteiger partial charge in [0.05, 0.1) is 38.1 Å². The van der Waals surface area contributed by atoms with E-state index in [2.05, 4.69) is 31.2 Å². The van der Waals surface area contributed by atoms with Crippen molar-refractivity contribution in [1.82, 2.24) is 14.7 Å². The molecule has 3 aromatic rings. The highest BCUT2D eigenvalue weighted by atomic mass is 79.9. The van der Waals surface area contributed by atoms with Crippen LogP contribution in [0.5, 0.6) is 5.75 Å². The third-order valence-electron chi connectivity index (χ3n) is 5.44. The number of hydrogen-bond acceptors (Lipinski definition) is 5. The highest BCUT2D eigenvalue weighted by Crippen LogP contribution is 2.35. The summed E-state index contributed by atoms with van der Waals surface area (Å²) in [5, 5.41) is 7.62. The van der Waals surface area contributed by atoms with Crippen LogP contribution in [0.25, 0.3) is 10.9 Å². The van der Waals surface area contributed by atoms with Crippen molar-refractivity contribution in [1.29, 1.82) is 0 Å². The molecule has 1 amide bonds. The molecule has 176 valence electrons. The molecule has 0 atom stereocenters. The van der Waals surface area contributed by atoms with E-state index in [-0.39, 0.29) is 11.4 Å². The van der Waals surface area contributed by atoms with Crippen molar-refractivity contribution in [3.8, 4) is 5.75 Å². The third-order valence-corrected chi connectivity index (χ3v) is 6.13. The number of methoxy groups -OCH3 is 1. The molecule has 7 nitrogen and oxygen atoms in total. The van der Waals surface area contributed by atoms with Gasteiger partial charge < -0.3 is 14.8 Å². The number of nitrogens with one attached hydrogen (secondary N) is 1. The minimum atomic E-state index is -4.53. The van der Waals surface area contributed by atoms with Gasteiger partial charge in [0.2, 0.25) is 0 Å². The second kappa shape index (κ2) is 9.70. The summed E-state index contributed by atoms with van der Waals surface area (Å²) in [6.07, 6.45) is -4.53. The zero-order valence-corrected chi connectivity index (χ0v) is 19.4. The van der Waals surface area contributed by atoms with Crippen LogP contribution in [0.15, 0.2) is 40.9 Å². The molecule has 1 N–H and O–H groups in total. The number of morpholine rings is 1. The molecule has 4 rings (SSSR count). The molecule has 0 spiro atoms. The molecule has 2 aromatic carbocycles. The molecule has 1 aliphatic heterocycles. The molecule has 1 aromatic heterocycles. The highest BCUT2D eigenvalue weighted by Gasteiger charge is 2.31. The van der Waals surface area contributed by atoms with Crippen molar-refractivity contribution in [3.05, 3.63) is 52.1 Å². The summed E-state index contributed by atoms with van der Waals surface area (Å²) >= 11 is 3.20. The van der Waals surface area contributed by atoms with Crippen LogP contribution in [0.3, 0.4) is 0 Å². The number of halogens is 4. The predicted octanol–water partition coefficient (Wildman–Crippen LogP) is 4.41. The molecule has 0 radical (unpaired) electrons. The van der Waals surface area contributed by atoms with E-state index in [0.29, 0.717) is 47.4 Å². The Bertz CT molecular complexity index is 1160. The zero-order chi connectivity index (χ0) is 23.6. The maximum atomic E-state index is 13.1. The SMILES string of the molecule is COc1cccc2c(C(=O)Nc3cc(C(F)(F)F)ccc3Br)nn(CCN3CCOCC3)c12. The lowest BCUT2D eigenvalue weighted by molar-refractivity contribution is -0.137. The van der Waals surface area contributed by atoms with E-state index in [1.807, 2.05) is 0 Å². The number of anilines is 1. The largest absolute Gasteiger partial charge is 0.494 e. The van der Waals surface area contributed by atoms with Crippen LogP contribution in [-0.4, -0.2) is 60.5 Å². The smallest absolute Gasteiger partial charge is 0.416 e. The minimum Gasteiger partial charge on any atom is -0.494 e. The number of alkyl halides is 3. The number of amides is 1. The molecular weight excluding hydrogens is 505 g/mol. The van der Waals surface area contributed by atoms with Crippen molar-refractivity contribution in [2.45, 2.75) is 12.7 Å². The maximum Gasteiger partial charge on any atom is 0.416 e. The first-order valence-corrected chi connectivity index (χ1v) is 11.1. The van der Waals surface area contributed by atoms with Crippen LogP contribution in [-0.2, 0) is 17.5 Å². The molecular formula is C22H22BrF3N4O3. The Morgan fingerprint density at radius 3 is 2.67 bits per heavy atom. The van der Waals surface area contributed by atoms with Gasteiger partial charge in [0.15, 0.2) is 5.69 Å². The van der Waals surface area contributed by atoms with Crippen molar-refractivity contribution >= 4 is 38.4 Å². The second-order valence-electron chi connectivity index (χ2n) is 7.53. The highest BCUT2D eigenvalue weighted by molar-refractivity contribution is 9.10. The summed E-state index contributed by atoms with van der Waals surface area (Å²) in [6.45, 7) is 4.18. The van der Waals surface area contributed by atoms with Gasteiger partial charge in [-0.3, -0.25) is 14.4 Å². The molecule has 0 unspecified atom stereocenters. The number of para-hydroxylation sites is 1. The Morgan fingerprint density at radius 1 is 1.21 bits per heavy atom. The van der Waals surface area contributed by atoms with Crippen molar-refractivity contribution < 1.29 is 27.4 Å². The van der Waals surface area contributed by atoms with Crippen LogP contribution >= 0.6 is 15.9 Å². The quantitative estimate of drug-likeness (QED) is 0.515. The standard InChI is InChI=1S/C22H22BrF3N4O3/c1-32-18-4-2-3-15-19(28-30(20(15)18)8-7-29-9-11-33-12-10-29)21(31)27-17-13-14(22(24,25)26)5-6-16(17)23/h2-6,13H,7-12H2,1H3,(H,27,31). The summed E-state index contributed by atoms with van der Waals surface area (Å²) in [6, 6.07) is 8.35. The normalized spacial score (nSPS) is 15.1. The van der Waals surface area contributed by atoms with Gasteiger partial charge in [-0.1, -0.05) is 12.1 Å². The molecule has 11 heteroatoms. The van der Waals surface area contributed by atoms with Gasteiger partial charge in [-0.25, -0.2) is 0 Å². The van der Waals surface area contributed by atoms with Crippen LogP contribution in [0.4, 0.5) is 18.9 Å². The van der Waals surface area contributed by atoms with Crippen molar-refractivity contribution in [2.24, 2.45) is 0 Å². The molecule has 33 heavy (non-hydrogen) atoms. The van der Waals surface area contributed by atoms with E-state index >= 15 is 0 Å². The number of hydrogen-bond donors (Lipinski definition) is 1. The number of aromatic nitrogens is 2. The lowest BCUT2D eigenvalue weighted by atomic mass is 10.1. The average Bonchev–Trinajstić information content (AvgIpc) is 3.18. The lowest BCUT2D eigenvalue weighted by Gasteiger charge is -2.26. The van der Waals surface area contributed by atoms with E-state index in [1.165, 1.54) is 13.2 Å². The fourth-order valence-corrected chi connectivity index (χ4v) is 4.08. The van der Waals surface area contributed by atoms with Crippen LogP contribution in [0.2, 0.25) is 0 Å². The molecule has 1 aliphatic rings. The monoisotopic (exact) mass is 526 g/mol. The second-order valence-corrected chi connectivity index (χ2v) is 8.38. The van der Waals surface area contributed by atoms with Gasteiger partial charge in [-0.15, -0.1) is 0 Å². The van der Waals surface area contributed by atoms with Gasteiger partial charge in [0.1, 0.15) is 11.3 Å². The topological polar surface area (TPSA) is 68.6 Å². The fraction of sp³-hybridized carbons (Fsp3) is 0.364. The van der Waals surface area contributed by atoms with Gasteiger partial charge in [0, 0.05) is 29.5 Å². The van der Waals surface area contributed by atoms with Crippen LogP contribution < -0.4 is 10.1 Å². The van der Waals surface area contributed by atoms with Crippen molar-refractivity contribution in [2.75, 3.05) is 45.3 Å².